The van der Waals surface area contributed by atoms with Crippen LogP contribution < -0.4 is 5.32 Å². The van der Waals surface area contributed by atoms with Crippen LogP contribution in [0.15, 0.2) is 0 Å². The Morgan fingerprint density at radius 3 is 2.50 bits per heavy atom. The van der Waals surface area contributed by atoms with Crippen LogP contribution in [-0.4, -0.2) is 17.7 Å². The van der Waals surface area contributed by atoms with Gasteiger partial charge in [-0.1, -0.05) is 0 Å². The van der Waals surface area contributed by atoms with Crippen molar-refractivity contribution in [1.82, 2.24) is 5.32 Å². The Morgan fingerprint density at radius 2 is 2.38 bits per heavy atom. The van der Waals surface area contributed by atoms with E-state index in [2.05, 4.69) is 17.9 Å². The summed E-state index contributed by atoms with van der Waals surface area (Å²) in [5.41, 5.74) is 0. The van der Waals surface area contributed by atoms with Gasteiger partial charge < -0.3 is 0 Å². The monoisotopic (exact) mass is 133 g/mol. The number of carbonyl (C=O) groups excluding carboxylic acids is 1. The lowest BCUT2D eigenvalue weighted by Gasteiger charge is -2.02. The van der Waals surface area contributed by atoms with Crippen molar-refractivity contribution in [1.29, 1.82) is 0 Å². The average molecular weight is 133 g/mol. The Bertz CT molecular complexity index is 82.5. The van der Waals surface area contributed by atoms with Crippen LogP contribution in [-0.2, 0) is 4.79 Å². The van der Waals surface area contributed by atoms with Crippen molar-refractivity contribution < 1.29 is 4.79 Å². The van der Waals surface area contributed by atoms with Gasteiger partial charge in [-0.3, -0.25) is 10.1 Å². The predicted octanol–water partition coefficient (Wildman–Crippen LogP) is 0.441. The minimum atomic E-state index is 0.110. The van der Waals surface area contributed by atoms with Gasteiger partial charge in [-0.15, -0.1) is 0 Å². The van der Waals surface area contributed by atoms with E-state index in [4.69, 9.17) is 0 Å². The van der Waals surface area contributed by atoms with Crippen molar-refractivity contribution in [3.8, 4) is 0 Å². The van der Waals surface area contributed by atoms with E-state index < -0.39 is 0 Å². The quantitative estimate of drug-likeness (QED) is 0.432. The van der Waals surface area contributed by atoms with Gasteiger partial charge in [0.25, 0.3) is 0 Å². The standard InChI is InChI=1S/C5H11NOS/c1-4(7)3-6-5(2)8/h5-6,8H,3H2,1-2H3. The normalized spacial score (nSPS) is 13.4. The molecule has 0 aromatic rings. The number of thiol groups is 1. The van der Waals surface area contributed by atoms with Crippen LogP contribution in [0.3, 0.4) is 0 Å². The number of Topliss-reactive ketones (excluding diaryl/α,β-unsaturated/α-hetero) is 1. The first-order chi connectivity index (χ1) is 3.63. The molecule has 0 fully saturated rings. The SMILES string of the molecule is CC(=O)CNC(C)S. The van der Waals surface area contributed by atoms with Crippen LogP contribution in [0.2, 0.25) is 0 Å². The third kappa shape index (κ3) is 5.98. The molecule has 0 aliphatic heterocycles. The maximum Gasteiger partial charge on any atom is 0.143 e. The summed E-state index contributed by atoms with van der Waals surface area (Å²) in [6.45, 7) is 3.85. The molecule has 0 amide bonds. The zero-order chi connectivity index (χ0) is 6.57. The molecule has 1 N–H and O–H groups in total. The summed E-state index contributed by atoms with van der Waals surface area (Å²) < 4.78 is 0. The zero-order valence-corrected chi connectivity index (χ0v) is 6.03. The molecule has 1 atom stereocenters. The van der Waals surface area contributed by atoms with Crippen molar-refractivity contribution in [2.75, 3.05) is 6.54 Å². The average Bonchev–Trinajstić information content (AvgIpc) is 1.61. The molecule has 0 rings (SSSR count). The zero-order valence-electron chi connectivity index (χ0n) is 5.14. The summed E-state index contributed by atoms with van der Waals surface area (Å²) in [6.07, 6.45) is 0. The van der Waals surface area contributed by atoms with Crippen molar-refractivity contribution >= 4 is 18.4 Å². The fourth-order valence-corrected chi connectivity index (χ4v) is 0.383. The van der Waals surface area contributed by atoms with Gasteiger partial charge in [-0.05, 0) is 13.8 Å². The van der Waals surface area contributed by atoms with Crippen molar-refractivity contribution in [3.05, 3.63) is 0 Å². The Balaban J connectivity index is 3.05. The van der Waals surface area contributed by atoms with Gasteiger partial charge in [0.15, 0.2) is 0 Å². The summed E-state index contributed by atoms with van der Waals surface area (Å²) in [4.78, 5) is 10.3. The summed E-state index contributed by atoms with van der Waals surface area (Å²) in [5.74, 6) is 0.144. The van der Waals surface area contributed by atoms with Crippen LogP contribution in [0.4, 0.5) is 0 Å². The topological polar surface area (TPSA) is 29.1 Å². The number of hydrogen-bond acceptors (Lipinski definition) is 3. The van der Waals surface area contributed by atoms with Crippen molar-refractivity contribution in [2.45, 2.75) is 19.2 Å². The second kappa shape index (κ2) is 3.92. The fourth-order valence-electron chi connectivity index (χ4n) is 0.291. The lowest BCUT2D eigenvalue weighted by atomic mass is 10.4. The molecule has 1 unspecified atom stereocenters. The van der Waals surface area contributed by atoms with Gasteiger partial charge >= 0.3 is 0 Å². The van der Waals surface area contributed by atoms with E-state index in [9.17, 15) is 4.79 Å². The van der Waals surface area contributed by atoms with Crippen LogP contribution >= 0.6 is 12.6 Å². The molecule has 0 saturated heterocycles. The molecule has 2 nitrogen and oxygen atoms in total. The molecular formula is C5H11NOS. The number of rotatable bonds is 3. The number of hydrogen-bond donors (Lipinski definition) is 2. The van der Waals surface area contributed by atoms with E-state index in [1.807, 2.05) is 6.92 Å². The Morgan fingerprint density at radius 1 is 1.88 bits per heavy atom. The summed E-state index contributed by atoms with van der Waals surface area (Å²) in [5, 5.41) is 2.97. The molecule has 48 valence electrons. The summed E-state index contributed by atoms with van der Waals surface area (Å²) in [7, 11) is 0. The smallest absolute Gasteiger partial charge is 0.143 e. The van der Waals surface area contributed by atoms with Crippen LogP contribution in [0.25, 0.3) is 0 Å². The van der Waals surface area contributed by atoms with E-state index in [0.29, 0.717) is 6.54 Å². The van der Waals surface area contributed by atoms with Gasteiger partial charge in [0.2, 0.25) is 0 Å². The Hall–Kier alpha value is -0.0200. The van der Waals surface area contributed by atoms with Gasteiger partial charge in [-0.25, -0.2) is 0 Å². The Kier molecular flexibility index (Phi) is 3.91. The molecule has 0 radical (unpaired) electrons. The van der Waals surface area contributed by atoms with Crippen molar-refractivity contribution in [3.63, 3.8) is 0 Å². The fraction of sp³-hybridized carbons (Fsp3) is 0.800. The highest BCUT2D eigenvalue weighted by molar-refractivity contribution is 7.80. The minimum Gasteiger partial charge on any atom is -0.299 e. The summed E-state index contributed by atoms with van der Waals surface area (Å²) in [6, 6.07) is 0. The highest BCUT2D eigenvalue weighted by atomic mass is 32.1. The minimum absolute atomic E-state index is 0.110. The first-order valence-corrected chi connectivity index (χ1v) is 3.05. The van der Waals surface area contributed by atoms with Gasteiger partial charge in [0, 0.05) is 5.37 Å². The molecule has 0 aliphatic carbocycles. The molecule has 0 spiro atoms. The number of ketones is 1. The molecular weight excluding hydrogens is 122 g/mol. The highest BCUT2D eigenvalue weighted by Gasteiger charge is 1.93. The van der Waals surface area contributed by atoms with E-state index >= 15 is 0 Å². The third-order valence-electron chi connectivity index (χ3n) is 0.646. The van der Waals surface area contributed by atoms with Gasteiger partial charge in [0.1, 0.15) is 5.78 Å². The second-order valence-electron chi connectivity index (χ2n) is 1.76. The van der Waals surface area contributed by atoms with E-state index in [1.54, 1.807) is 6.92 Å². The molecule has 0 saturated carbocycles. The first kappa shape index (κ1) is 7.98. The maximum atomic E-state index is 10.3. The predicted molar refractivity (Wildman–Crippen MR) is 37.1 cm³/mol. The summed E-state index contributed by atoms with van der Waals surface area (Å²) >= 11 is 4.01. The molecule has 3 heteroatoms. The lowest BCUT2D eigenvalue weighted by molar-refractivity contribution is -0.116. The lowest BCUT2D eigenvalue weighted by Crippen LogP contribution is -2.26. The molecule has 0 aromatic carbocycles. The number of carbonyl (C=O) groups is 1. The maximum absolute atomic E-state index is 10.3. The van der Waals surface area contributed by atoms with Crippen molar-refractivity contribution in [2.24, 2.45) is 0 Å². The third-order valence-corrected chi connectivity index (χ3v) is 0.829. The molecule has 0 aliphatic rings. The second-order valence-corrected chi connectivity index (χ2v) is 2.53. The largest absolute Gasteiger partial charge is 0.299 e. The van der Waals surface area contributed by atoms with Crippen LogP contribution in [0, 0.1) is 0 Å². The Labute approximate surface area is 55.1 Å². The molecule has 0 aromatic heterocycles. The molecule has 8 heavy (non-hydrogen) atoms. The van der Waals surface area contributed by atoms with E-state index in [1.165, 1.54) is 0 Å². The van der Waals surface area contributed by atoms with Gasteiger partial charge in [-0.2, -0.15) is 12.6 Å². The van der Waals surface area contributed by atoms with E-state index in [0.717, 1.165) is 0 Å². The number of nitrogens with one attached hydrogen (secondary N) is 1. The first-order valence-electron chi connectivity index (χ1n) is 2.54. The van der Waals surface area contributed by atoms with E-state index in [-0.39, 0.29) is 11.2 Å². The van der Waals surface area contributed by atoms with Gasteiger partial charge in [0.05, 0.1) is 6.54 Å². The molecule has 0 heterocycles. The highest BCUT2D eigenvalue weighted by Crippen LogP contribution is 1.83. The molecule has 0 bridgehead atoms. The van der Waals surface area contributed by atoms with Crippen LogP contribution in [0.1, 0.15) is 13.8 Å². The van der Waals surface area contributed by atoms with Crippen LogP contribution in [0.5, 0.6) is 0 Å².